The molecule has 2 aromatic rings. The van der Waals surface area contributed by atoms with Gasteiger partial charge in [-0.3, -0.25) is 13.9 Å². The summed E-state index contributed by atoms with van der Waals surface area (Å²) in [5.74, 6) is 0. The summed E-state index contributed by atoms with van der Waals surface area (Å²) < 4.78 is 100. The number of hydrogen-bond donors (Lipinski definition) is 1. The summed E-state index contributed by atoms with van der Waals surface area (Å²) in [5.41, 5.74) is -3.88. The van der Waals surface area contributed by atoms with Gasteiger partial charge in [0.1, 0.15) is 0 Å². The van der Waals surface area contributed by atoms with Crippen molar-refractivity contribution in [3.05, 3.63) is 27.2 Å². The van der Waals surface area contributed by atoms with Gasteiger partial charge in [-0.15, -0.1) is 0 Å². The van der Waals surface area contributed by atoms with E-state index in [0.29, 0.717) is 0 Å². The zero-order chi connectivity index (χ0) is 26.2. The molecule has 0 aliphatic heterocycles. The monoisotopic (exact) mass is 293 g/mol. The molecule has 1 atom stereocenters. The van der Waals surface area contributed by atoms with Crippen LogP contribution in [0, 0.1) is 0 Å². The Balaban J connectivity index is 2.79. The highest BCUT2D eigenvalue weighted by molar-refractivity contribution is 5.69. The van der Waals surface area contributed by atoms with Crippen molar-refractivity contribution in [3.63, 3.8) is 0 Å². The summed E-state index contributed by atoms with van der Waals surface area (Å²) in [6.45, 7) is -8.58. The van der Waals surface area contributed by atoms with Gasteiger partial charge < -0.3 is 9.67 Å². The molecule has 0 saturated carbocycles. The zero-order valence-corrected chi connectivity index (χ0v) is 10.3. The van der Waals surface area contributed by atoms with Crippen LogP contribution in [-0.2, 0) is 20.6 Å². The first-order valence-electron chi connectivity index (χ1n) is 11.8. The third kappa shape index (κ3) is 2.53. The molecule has 2 rings (SSSR count). The van der Waals surface area contributed by atoms with Gasteiger partial charge in [-0.25, -0.2) is 9.78 Å². The van der Waals surface area contributed by atoms with E-state index in [0.717, 1.165) is 10.9 Å². The van der Waals surface area contributed by atoms with Crippen LogP contribution in [0.2, 0.25) is 0 Å². The van der Waals surface area contributed by atoms with Crippen molar-refractivity contribution < 1.29 is 22.9 Å². The molecule has 0 aliphatic rings. The third-order valence-electron chi connectivity index (χ3n) is 2.51. The molecule has 0 fully saturated rings. The summed E-state index contributed by atoms with van der Waals surface area (Å²) in [6, 6.07) is 0. The Morgan fingerprint density at radius 1 is 1.55 bits per heavy atom. The summed E-state index contributed by atoms with van der Waals surface area (Å²) in [7, 11) is 1.28. The van der Waals surface area contributed by atoms with Crippen molar-refractivity contribution in [2.45, 2.75) is 38.6 Å². The molecule has 110 valence electrons. The first-order valence-corrected chi connectivity index (χ1v) is 5.33. The largest absolute Gasteiger partial charge is 0.393 e. The highest BCUT2D eigenvalue weighted by Crippen LogP contribution is 2.04. The van der Waals surface area contributed by atoms with E-state index in [2.05, 4.69) is 4.98 Å². The average Bonchev–Trinajstić information content (AvgIpc) is 2.97. The van der Waals surface area contributed by atoms with Crippen LogP contribution in [0.3, 0.4) is 0 Å². The van der Waals surface area contributed by atoms with Crippen LogP contribution < -0.4 is 11.2 Å². The molecule has 1 unspecified atom stereocenters. The van der Waals surface area contributed by atoms with Crippen LogP contribution in [0.1, 0.15) is 43.8 Å². The predicted octanol–water partition coefficient (Wildman–Crippen LogP) is -0.0152. The summed E-state index contributed by atoms with van der Waals surface area (Å²) in [5, 5.41) is 9.96. The lowest BCUT2D eigenvalue weighted by Gasteiger charge is -2.09. The van der Waals surface area contributed by atoms with Crippen molar-refractivity contribution in [2.75, 3.05) is 0 Å². The van der Waals surface area contributed by atoms with E-state index in [1.807, 2.05) is 0 Å². The molecule has 0 radical (unpaired) electrons. The SMILES string of the molecule is [2H]C([2H])([2H])n1c(=O)n(CC([2H])([2H])C([2H])([2H])C([2H])([2H])C([2H])(O)C([2H])([2H])[2H])c(=O)c2c1ncn2C. The van der Waals surface area contributed by atoms with E-state index in [1.54, 1.807) is 0 Å². The van der Waals surface area contributed by atoms with Crippen LogP contribution >= 0.6 is 0 Å². The fraction of sp³-hybridized carbons (Fsp3) is 0.615. The number of aryl methyl sites for hydroxylation is 2. The molecular formula is C13H20N4O3. The van der Waals surface area contributed by atoms with Crippen molar-refractivity contribution in [1.29, 1.82) is 0 Å². The minimum Gasteiger partial charge on any atom is -0.393 e. The zero-order valence-electron chi connectivity index (χ0n) is 23.3. The lowest BCUT2D eigenvalue weighted by atomic mass is 10.2. The second kappa shape index (κ2) is 5.62. The minimum absolute atomic E-state index is 0.0165. The number of aromatic nitrogens is 4. The Kier molecular flexibility index (Phi) is 1.44. The fourth-order valence-corrected chi connectivity index (χ4v) is 1.62. The number of fused-ring (bicyclic) bond motifs is 1. The maximum atomic E-state index is 12.9. The molecule has 2 aromatic heterocycles. The van der Waals surface area contributed by atoms with Crippen molar-refractivity contribution in [2.24, 2.45) is 14.0 Å². The molecule has 20 heavy (non-hydrogen) atoms. The van der Waals surface area contributed by atoms with Gasteiger partial charge in [-0.05, 0) is 26.0 Å². The van der Waals surface area contributed by atoms with Crippen LogP contribution in [0.25, 0.3) is 11.2 Å². The van der Waals surface area contributed by atoms with Gasteiger partial charge in [0.15, 0.2) is 11.2 Å². The Bertz CT molecular complexity index is 1190. The topological polar surface area (TPSA) is 82.0 Å². The van der Waals surface area contributed by atoms with Gasteiger partial charge in [0.2, 0.25) is 0 Å². The van der Waals surface area contributed by atoms with Gasteiger partial charge >= 0.3 is 5.69 Å². The first kappa shape index (κ1) is 5.14. The average molecular weight is 293 g/mol. The predicted molar refractivity (Wildman–Crippen MR) is 75.7 cm³/mol. The van der Waals surface area contributed by atoms with E-state index in [4.69, 9.17) is 17.8 Å². The number of imidazole rings is 1. The Morgan fingerprint density at radius 2 is 2.35 bits per heavy atom. The third-order valence-corrected chi connectivity index (χ3v) is 2.51. The summed E-state index contributed by atoms with van der Waals surface area (Å²) >= 11 is 0. The van der Waals surface area contributed by atoms with Gasteiger partial charge in [-0.2, -0.15) is 0 Å². The second-order valence-corrected chi connectivity index (χ2v) is 3.81. The van der Waals surface area contributed by atoms with E-state index < -0.39 is 68.0 Å². The molecule has 0 aromatic carbocycles. The van der Waals surface area contributed by atoms with Crippen LogP contribution in [-0.4, -0.2) is 29.9 Å². The summed E-state index contributed by atoms with van der Waals surface area (Å²) in [6.07, 6.45) is -14.8. The lowest BCUT2D eigenvalue weighted by Crippen LogP contribution is -2.39. The molecule has 0 saturated heterocycles. The normalized spacial score (nSPS) is 27.6. The molecule has 0 aliphatic carbocycles. The van der Waals surface area contributed by atoms with E-state index >= 15 is 0 Å². The van der Waals surface area contributed by atoms with Gasteiger partial charge in [-0.1, -0.05) is 0 Å². The highest BCUT2D eigenvalue weighted by atomic mass is 16.3. The fourth-order valence-electron chi connectivity index (χ4n) is 1.62. The van der Waals surface area contributed by atoms with Crippen molar-refractivity contribution in [3.8, 4) is 0 Å². The number of hydrogen-bond acceptors (Lipinski definition) is 4. The molecule has 7 nitrogen and oxygen atoms in total. The van der Waals surface area contributed by atoms with Crippen LogP contribution in [0.4, 0.5) is 0 Å². The molecule has 2 heterocycles. The van der Waals surface area contributed by atoms with E-state index in [9.17, 15) is 14.7 Å². The van der Waals surface area contributed by atoms with Crippen molar-refractivity contribution >= 4 is 11.2 Å². The quantitative estimate of drug-likeness (QED) is 0.840. The molecule has 0 spiro atoms. The number of nitrogens with zero attached hydrogens (tertiary/aromatic N) is 4. The Morgan fingerprint density at radius 3 is 3.05 bits per heavy atom. The standard InChI is InChI=1S/C13H20N4O3/c1-9(18)6-4-5-7-17-12(19)10-11(14-8-15(10)2)16(3)13(17)20/h8-9,18H,4-7H2,1-3H3/i1D3,3D3,4D2,5D2,6D2,9D. The number of aliphatic hydroxyl groups is 1. The summed E-state index contributed by atoms with van der Waals surface area (Å²) in [4.78, 5) is 29.4. The van der Waals surface area contributed by atoms with E-state index in [-0.39, 0.29) is 9.13 Å². The van der Waals surface area contributed by atoms with E-state index in [1.165, 1.54) is 7.05 Å². The molecule has 7 heteroatoms. The van der Waals surface area contributed by atoms with Crippen LogP contribution in [0.15, 0.2) is 15.9 Å². The van der Waals surface area contributed by atoms with Crippen LogP contribution in [0.5, 0.6) is 0 Å². The smallest absolute Gasteiger partial charge is 0.332 e. The maximum absolute atomic E-state index is 12.9. The molecule has 0 amide bonds. The van der Waals surface area contributed by atoms with Gasteiger partial charge in [0.05, 0.1) is 13.8 Å². The Hall–Kier alpha value is -1.89. The van der Waals surface area contributed by atoms with Gasteiger partial charge in [0.25, 0.3) is 5.56 Å². The van der Waals surface area contributed by atoms with Crippen molar-refractivity contribution in [1.82, 2.24) is 18.7 Å². The lowest BCUT2D eigenvalue weighted by molar-refractivity contribution is 0.180. The Labute approximate surface area is 134 Å². The number of rotatable bonds is 5. The highest BCUT2D eigenvalue weighted by Gasteiger charge is 2.14. The minimum atomic E-state index is -4.13. The van der Waals surface area contributed by atoms with Gasteiger partial charge in [0, 0.05) is 37.0 Å². The molecule has 0 bridgehead atoms. The second-order valence-electron chi connectivity index (χ2n) is 3.81. The molecule has 1 N–H and O–H groups in total. The maximum Gasteiger partial charge on any atom is 0.332 e. The first-order chi connectivity index (χ1) is 14.4. The molecular weight excluding hydrogens is 260 g/mol.